The molecule has 0 heterocycles. The fourth-order valence-electron chi connectivity index (χ4n) is 1.77. The Morgan fingerprint density at radius 1 is 1.05 bits per heavy atom. The minimum Gasteiger partial charge on any atom is -0.489 e. The Kier molecular flexibility index (Phi) is 6.58. The van der Waals surface area contributed by atoms with E-state index in [1.54, 1.807) is 0 Å². The lowest BCUT2D eigenvalue weighted by atomic mass is 10.1. The number of nitriles is 1. The van der Waals surface area contributed by atoms with Crippen molar-refractivity contribution >= 4 is 12.4 Å². The van der Waals surface area contributed by atoms with Gasteiger partial charge in [-0.2, -0.15) is 5.26 Å². The molecule has 20 heavy (non-hydrogen) atoms. The first-order valence-corrected chi connectivity index (χ1v) is 6.19. The van der Waals surface area contributed by atoms with Crippen molar-refractivity contribution in [1.29, 1.82) is 5.26 Å². The molecule has 2 rings (SSSR count). The topological polar surface area (TPSA) is 59.0 Å². The molecule has 3 nitrogen and oxygen atoms in total. The van der Waals surface area contributed by atoms with E-state index >= 15 is 0 Å². The van der Waals surface area contributed by atoms with E-state index in [0.717, 1.165) is 16.9 Å². The molecule has 4 heteroatoms. The van der Waals surface area contributed by atoms with Gasteiger partial charge in [0.1, 0.15) is 12.4 Å². The summed E-state index contributed by atoms with van der Waals surface area (Å²) in [5.74, 6) is 0.803. The van der Waals surface area contributed by atoms with Crippen molar-refractivity contribution in [3.05, 3.63) is 65.7 Å². The van der Waals surface area contributed by atoms with Crippen LogP contribution in [0, 0.1) is 11.3 Å². The summed E-state index contributed by atoms with van der Waals surface area (Å²) in [7, 11) is 0. The van der Waals surface area contributed by atoms with Gasteiger partial charge in [-0.25, -0.2) is 0 Å². The highest BCUT2D eigenvalue weighted by Crippen LogP contribution is 2.19. The Morgan fingerprint density at radius 2 is 1.70 bits per heavy atom. The number of nitrogens with two attached hydrogens (primary N) is 1. The van der Waals surface area contributed by atoms with E-state index in [9.17, 15) is 0 Å². The molecule has 0 amide bonds. The molecule has 0 aliphatic heterocycles. The standard InChI is InChI=1S/C16H16N2O.ClH/c17-11-10-16(18)14-6-8-15(9-7-14)19-12-13-4-2-1-3-5-13;/h1-9,16H,10,12,18H2;1H/t16-;/m1./s1. The third-order valence-electron chi connectivity index (χ3n) is 2.87. The molecule has 0 aromatic heterocycles. The smallest absolute Gasteiger partial charge is 0.119 e. The molecule has 0 spiro atoms. The molecule has 0 aliphatic rings. The Morgan fingerprint density at radius 3 is 2.30 bits per heavy atom. The van der Waals surface area contributed by atoms with Crippen molar-refractivity contribution in [3.63, 3.8) is 0 Å². The minimum absolute atomic E-state index is 0. The molecule has 0 unspecified atom stereocenters. The summed E-state index contributed by atoms with van der Waals surface area (Å²) in [5.41, 5.74) is 7.94. The monoisotopic (exact) mass is 288 g/mol. The largest absolute Gasteiger partial charge is 0.489 e. The minimum atomic E-state index is -0.229. The fourth-order valence-corrected chi connectivity index (χ4v) is 1.77. The molecule has 0 saturated carbocycles. The van der Waals surface area contributed by atoms with Crippen LogP contribution >= 0.6 is 12.4 Å². The molecule has 0 radical (unpaired) electrons. The van der Waals surface area contributed by atoms with E-state index in [4.69, 9.17) is 15.7 Å². The zero-order valence-electron chi connectivity index (χ0n) is 11.0. The molecule has 0 bridgehead atoms. The number of halogens is 1. The van der Waals surface area contributed by atoms with Crippen LogP contribution in [-0.2, 0) is 6.61 Å². The number of benzene rings is 2. The summed E-state index contributed by atoms with van der Waals surface area (Å²) >= 11 is 0. The van der Waals surface area contributed by atoms with E-state index in [2.05, 4.69) is 6.07 Å². The number of hydrogen-bond acceptors (Lipinski definition) is 3. The normalized spacial score (nSPS) is 11.0. The molecular weight excluding hydrogens is 272 g/mol. The summed E-state index contributed by atoms with van der Waals surface area (Å²) in [4.78, 5) is 0. The van der Waals surface area contributed by atoms with Gasteiger partial charge in [0, 0.05) is 6.04 Å². The van der Waals surface area contributed by atoms with Crippen LogP contribution in [-0.4, -0.2) is 0 Å². The summed E-state index contributed by atoms with van der Waals surface area (Å²) in [5, 5.41) is 8.61. The summed E-state index contributed by atoms with van der Waals surface area (Å²) in [6.45, 7) is 0.546. The van der Waals surface area contributed by atoms with Gasteiger partial charge < -0.3 is 10.5 Å². The van der Waals surface area contributed by atoms with Gasteiger partial charge in [-0.3, -0.25) is 0 Å². The average molecular weight is 289 g/mol. The Hall–Kier alpha value is -2.02. The maximum absolute atomic E-state index is 8.61. The maximum atomic E-state index is 8.61. The molecule has 104 valence electrons. The van der Waals surface area contributed by atoms with Crippen molar-refractivity contribution in [3.8, 4) is 11.8 Å². The molecule has 0 aliphatic carbocycles. The van der Waals surface area contributed by atoms with Gasteiger partial charge in [0.05, 0.1) is 12.5 Å². The molecule has 2 aromatic carbocycles. The lowest BCUT2D eigenvalue weighted by Gasteiger charge is -2.10. The lowest BCUT2D eigenvalue weighted by molar-refractivity contribution is 0.306. The Labute approximate surface area is 125 Å². The van der Waals surface area contributed by atoms with Gasteiger partial charge in [0.25, 0.3) is 0 Å². The van der Waals surface area contributed by atoms with E-state index in [0.29, 0.717) is 13.0 Å². The van der Waals surface area contributed by atoms with E-state index < -0.39 is 0 Å². The molecule has 2 aromatic rings. The zero-order valence-corrected chi connectivity index (χ0v) is 11.8. The third kappa shape index (κ3) is 4.58. The van der Waals surface area contributed by atoms with Gasteiger partial charge in [-0.1, -0.05) is 42.5 Å². The van der Waals surface area contributed by atoms with Crippen molar-refractivity contribution in [2.75, 3.05) is 0 Å². The van der Waals surface area contributed by atoms with E-state index in [1.165, 1.54) is 0 Å². The highest BCUT2D eigenvalue weighted by molar-refractivity contribution is 5.85. The van der Waals surface area contributed by atoms with Gasteiger partial charge >= 0.3 is 0 Å². The van der Waals surface area contributed by atoms with Crippen LogP contribution < -0.4 is 10.5 Å². The molecule has 0 saturated heterocycles. The van der Waals surface area contributed by atoms with Gasteiger partial charge in [-0.05, 0) is 23.3 Å². The highest BCUT2D eigenvalue weighted by Gasteiger charge is 2.05. The van der Waals surface area contributed by atoms with Crippen LogP contribution in [0.2, 0.25) is 0 Å². The van der Waals surface area contributed by atoms with Crippen molar-refractivity contribution < 1.29 is 4.74 Å². The first-order valence-electron chi connectivity index (χ1n) is 6.19. The van der Waals surface area contributed by atoms with Crippen LogP contribution in [0.3, 0.4) is 0 Å². The number of rotatable bonds is 5. The second-order valence-electron chi connectivity index (χ2n) is 4.31. The molecule has 0 fully saturated rings. The first kappa shape index (κ1) is 16.0. The highest BCUT2D eigenvalue weighted by atomic mass is 35.5. The van der Waals surface area contributed by atoms with Gasteiger partial charge in [0.15, 0.2) is 0 Å². The van der Waals surface area contributed by atoms with Crippen LogP contribution in [0.1, 0.15) is 23.6 Å². The van der Waals surface area contributed by atoms with E-state index in [-0.39, 0.29) is 18.4 Å². The lowest BCUT2D eigenvalue weighted by Crippen LogP contribution is -2.08. The summed E-state index contributed by atoms with van der Waals surface area (Å²) in [6, 6.07) is 19.4. The predicted molar refractivity (Wildman–Crippen MR) is 81.6 cm³/mol. The van der Waals surface area contributed by atoms with Gasteiger partial charge in [-0.15, -0.1) is 12.4 Å². The van der Waals surface area contributed by atoms with Crippen molar-refractivity contribution in [1.82, 2.24) is 0 Å². The maximum Gasteiger partial charge on any atom is 0.119 e. The van der Waals surface area contributed by atoms with Crippen LogP contribution in [0.25, 0.3) is 0 Å². The second kappa shape index (κ2) is 8.21. The third-order valence-corrected chi connectivity index (χ3v) is 2.87. The number of hydrogen-bond donors (Lipinski definition) is 1. The van der Waals surface area contributed by atoms with E-state index in [1.807, 2.05) is 54.6 Å². The molecular formula is C16H17ClN2O. The first-order chi connectivity index (χ1) is 9.29. The number of nitrogens with zero attached hydrogens (tertiary/aromatic N) is 1. The van der Waals surface area contributed by atoms with Crippen LogP contribution in [0.4, 0.5) is 0 Å². The summed E-state index contributed by atoms with van der Waals surface area (Å²) in [6.07, 6.45) is 0.324. The van der Waals surface area contributed by atoms with Gasteiger partial charge in [0.2, 0.25) is 0 Å². The van der Waals surface area contributed by atoms with Crippen LogP contribution in [0.5, 0.6) is 5.75 Å². The second-order valence-corrected chi connectivity index (χ2v) is 4.31. The SMILES string of the molecule is Cl.N#CC[C@@H](N)c1ccc(OCc2ccccc2)cc1. The molecule has 1 atom stereocenters. The van der Waals surface area contributed by atoms with Crippen LogP contribution in [0.15, 0.2) is 54.6 Å². The predicted octanol–water partition coefficient (Wildman–Crippen LogP) is 3.60. The molecule has 2 N–H and O–H groups in total. The zero-order chi connectivity index (χ0) is 13.5. The average Bonchev–Trinajstić information content (AvgIpc) is 2.47. The van der Waals surface area contributed by atoms with Crippen molar-refractivity contribution in [2.45, 2.75) is 19.1 Å². The fraction of sp³-hybridized carbons (Fsp3) is 0.188. The quantitative estimate of drug-likeness (QED) is 0.914. The summed E-state index contributed by atoms with van der Waals surface area (Å²) < 4.78 is 5.68. The Bertz CT molecular complexity index is 549. The Balaban J connectivity index is 0.00000200. The number of ether oxygens (including phenoxy) is 1. The van der Waals surface area contributed by atoms with Crippen molar-refractivity contribution in [2.24, 2.45) is 5.73 Å².